The van der Waals surface area contributed by atoms with Gasteiger partial charge in [-0.25, -0.2) is 9.50 Å². The van der Waals surface area contributed by atoms with E-state index in [1.54, 1.807) is 7.05 Å². The van der Waals surface area contributed by atoms with Crippen molar-refractivity contribution in [2.24, 2.45) is 0 Å². The van der Waals surface area contributed by atoms with Crippen molar-refractivity contribution in [1.82, 2.24) is 24.6 Å². The van der Waals surface area contributed by atoms with E-state index in [1.807, 2.05) is 55.3 Å². The monoisotopic (exact) mass is 420 g/mol. The van der Waals surface area contributed by atoms with Crippen molar-refractivity contribution < 1.29 is 0 Å². The second kappa shape index (κ2) is 12.5. The molecule has 0 saturated carbocycles. The van der Waals surface area contributed by atoms with E-state index in [4.69, 9.17) is 0 Å². The first-order chi connectivity index (χ1) is 15.2. The zero-order valence-corrected chi connectivity index (χ0v) is 19.6. The highest BCUT2D eigenvalue weighted by Gasteiger charge is 2.10. The SMILES string of the molecule is C=Cc1cnn2ccc(-c3c[nH]c4nc(NC)ncc34)cc12.CC.CCCCCCC. The average Bonchev–Trinajstić information content (AvgIpc) is 3.44. The highest BCUT2D eigenvalue weighted by Crippen LogP contribution is 2.29. The number of hydrogen-bond acceptors (Lipinski definition) is 4. The largest absolute Gasteiger partial charge is 0.357 e. The van der Waals surface area contributed by atoms with Crippen LogP contribution >= 0.6 is 0 Å². The molecule has 0 aliphatic heterocycles. The van der Waals surface area contributed by atoms with Crippen molar-refractivity contribution in [1.29, 1.82) is 0 Å². The summed E-state index contributed by atoms with van der Waals surface area (Å²) < 4.78 is 1.84. The van der Waals surface area contributed by atoms with Crippen LogP contribution in [0.25, 0.3) is 33.8 Å². The predicted octanol–water partition coefficient (Wildman–Crippen LogP) is 6.96. The molecule has 0 radical (unpaired) electrons. The standard InChI is InChI=1S/C16H14N6.C7H16.C2H6/c1-3-10-7-20-22-5-4-11(6-14(10)22)12-8-18-15-13(12)9-19-16(17-2)21-15;1-3-5-7-6-4-2;1-2/h3-9H,1H2,2H3,(H2,17,18,19,21);3-7H2,1-2H3;1-2H3. The van der Waals surface area contributed by atoms with Crippen molar-refractivity contribution in [2.45, 2.75) is 59.8 Å². The fourth-order valence-corrected chi connectivity index (χ4v) is 3.27. The Hall–Kier alpha value is -3.15. The summed E-state index contributed by atoms with van der Waals surface area (Å²) in [6, 6.07) is 4.13. The van der Waals surface area contributed by atoms with Crippen molar-refractivity contribution in [2.75, 3.05) is 12.4 Å². The zero-order chi connectivity index (χ0) is 22.6. The first-order valence-corrected chi connectivity index (χ1v) is 11.3. The molecule has 4 aromatic rings. The van der Waals surface area contributed by atoms with E-state index >= 15 is 0 Å². The minimum absolute atomic E-state index is 0.598. The highest BCUT2D eigenvalue weighted by atomic mass is 15.2. The van der Waals surface area contributed by atoms with E-state index < -0.39 is 0 Å². The van der Waals surface area contributed by atoms with E-state index in [-0.39, 0.29) is 0 Å². The van der Waals surface area contributed by atoms with Gasteiger partial charge in [0.05, 0.1) is 11.7 Å². The van der Waals surface area contributed by atoms with Crippen LogP contribution in [0.15, 0.2) is 43.5 Å². The number of anilines is 1. The second-order valence-corrected chi connectivity index (χ2v) is 7.02. The van der Waals surface area contributed by atoms with E-state index in [2.05, 4.69) is 51.9 Å². The molecular formula is C25H36N6. The third kappa shape index (κ3) is 5.94. The Kier molecular flexibility index (Phi) is 9.75. The summed E-state index contributed by atoms with van der Waals surface area (Å²) in [5, 5.41) is 8.23. The molecule has 6 heteroatoms. The van der Waals surface area contributed by atoms with Gasteiger partial charge in [-0.2, -0.15) is 10.1 Å². The number of nitrogens with zero attached hydrogens (tertiary/aromatic N) is 4. The molecule has 0 bridgehead atoms. The summed E-state index contributed by atoms with van der Waals surface area (Å²) in [7, 11) is 1.80. The van der Waals surface area contributed by atoms with Crippen LogP contribution in [0.1, 0.15) is 65.4 Å². The smallest absolute Gasteiger partial charge is 0.224 e. The Bertz CT molecular complexity index is 1070. The first-order valence-electron chi connectivity index (χ1n) is 11.3. The number of aromatic amines is 1. The van der Waals surface area contributed by atoms with Gasteiger partial charge in [0.25, 0.3) is 0 Å². The van der Waals surface area contributed by atoms with Gasteiger partial charge in [0.1, 0.15) is 5.65 Å². The van der Waals surface area contributed by atoms with Gasteiger partial charge < -0.3 is 10.3 Å². The Morgan fingerprint density at radius 2 is 1.87 bits per heavy atom. The third-order valence-electron chi connectivity index (χ3n) is 4.95. The molecule has 0 fully saturated rings. The number of hydrogen-bond donors (Lipinski definition) is 2. The number of nitrogens with one attached hydrogen (secondary N) is 2. The molecule has 0 aliphatic carbocycles. The van der Waals surface area contributed by atoms with Gasteiger partial charge in [0.15, 0.2) is 0 Å². The Balaban J connectivity index is 0.000000327. The molecule has 31 heavy (non-hydrogen) atoms. The summed E-state index contributed by atoms with van der Waals surface area (Å²) in [6.07, 6.45) is 16.4. The molecule has 166 valence electrons. The number of unbranched alkanes of at least 4 members (excludes halogenated alkanes) is 4. The van der Waals surface area contributed by atoms with Gasteiger partial charge >= 0.3 is 0 Å². The molecule has 4 aromatic heterocycles. The highest BCUT2D eigenvalue weighted by molar-refractivity contribution is 5.94. The molecule has 0 amide bonds. The van der Waals surface area contributed by atoms with Gasteiger partial charge in [-0.05, 0) is 17.7 Å². The van der Waals surface area contributed by atoms with E-state index in [9.17, 15) is 0 Å². The van der Waals surface area contributed by atoms with Crippen LogP contribution in [-0.2, 0) is 0 Å². The van der Waals surface area contributed by atoms with Crippen molar-refractivity contribution in [3.63, 3.8) is 0 Å². The molecule has 0 aromatic carbocycles. The Morgan fingerprint density at radius 1 is 1.13 bits per heavy atom. The number of H-pyrrole nitrogens is 1. The summed E-state index contributed by atoms with van der Waals surface area (Å²) in [5.41, 5.74) is 5.00. The van der Waals surface area contributed by atoms with Crippen LogP contribution in [0.5, 0.6) is 0 Å². The number of pyridine rings is 1. The molecular weight excluding hydrogens is 384 g/mol. The van der Waals surface area contributed by atoms with Crippen molar-refractivity contribution in [3.8, 4) is 11.1 Å². The molecule has 0 aliphatic rings. The summed E-state index contributed by atoms with van der Waals surface area (Å²) >= 11 is 0. The van der Waals surface area contributed by atoms with Crippen molar-refractivity contribution >= 4 is 28.6 Å². The van der Waals surface area contributed by atoms with Gasteiger partial charge in [-0.1, -0.05) is 72.5 Å². The molecule has 4 rings (SSSR count). The fraction of sp³-hybridized carbons (Fsp3) is 0.400. The second-order valence-electron chi connectivity index (χ2n) is 7.02. The first kappa shape index (κ1) is 24.1. The molecule has 2 N–H and O–H groups in total. The molecule has 0 unspecified atom stereocenters. The Morgan fingerprint density at radius 3 is 2.52 bits per heavy atom. The lowest BCUT2D eigenvalue weighted by Gasteiger charge is -2.02. The van der Waals surface area contributed by atoms with E-state index in [1.165, 1.54) is 32.1 Å². The predicted molar refractivity (Wildman–Crippen MR) is 133 cm³/mol. The number of rotatable bonds is 7. The Labute approximate surface area is 185 Å². The lowest BCUT2D eigenvalue weighted by molar-refractivity contribution is 0.656. The molecule has 0 saturated heterocycles. The number of aromatic nitrogens is 5. The van der Waals surface area contributed by atoms with Gasteiger partial charge in [-0.3, -0.25) is 0 Å². The molecule has 0 atom stereocenters. The topological polar surface area (TPSA) is 70.9 Å². The molecule has 0 spiro atoms. The van der Waals surface area contributed by atoms with Crippen LogP contribution in [-0.4, -0.2) is 31.6 Å². The minimum Gasteiger partial charge on any atom is -0.357 e. The zero-order valence-electron chi connectivity index (χ0n) is 19.6. The molecule has 6 nitrogen and oxygen atoms in total. The lowest BCUT2D eigenvalue weighted by Crippen LogP contribution is -1.95. The van der Waals surface area contributed by atoms with Crippen LogP contribution < -0.4 is 5.32 Å². The third-order valence-corrected chi connectivity index (χ3v) is 4.95. The van der Waals surface area contributed by atoms with Gasteiger partial charge in [0.2, 0.25) is 5.95 Å². The van der Waals surface area contributed by atoms with Crippen molar-refractivity contribution in [3.05, 3.63) is 49.1 Å². The quantitative estimate of drug-likeness (QED) is 0.317. The average molecular weight is 421 g/mol. The normalized spacial score (nSPS) is 10.2. The number of fused-ring (bicyclic) bond motifs is 2. The van der Waals surface area contributed by atoms with Gasteiger partial charge in [-0.15, -0.1) is 0 Å². The summed E-state index contributed by atoms with van der Waals surface area (Å²) in [6.45, 7) is 12.3. The lowest BCUT2D eigenvalue weighted by atomic mass is 10.1. The maximum atomic E-state index is 4.41. The van der Waals surface area contributed by atoms with Crippen LogP contribution in [0, 0.1) is 0 Å². The van der Waals surface area contributed by atoms with Crippen LogP contribution in [0.4, 0.5) is 5.95 Å². The van der Waals surface area contributed by atoms with E-state index in [0.29, 0.717) is 5.95 Å². The van der Waals surface area contributed by atoms with E-state index in [0.717, 1.165) is 33.2 Å². The van der Waals surface area contributed by atoms with Gasteiger partial charge in [0, 0.05) is 42.2 Å². The summed E-state index contributed by atoms with van der Waals surface area (Å²) in [5.74, 6) is 0.598. The maximum Gasteiger partial charge on any atom is 0.224 e. The van der Waals surface area contributed by atoms with Crippen LogP contribution in [0.2, 0.25) is 0 Å². The maximum absolute atomic E-state index is 4.41. The fourth-order valence-electron chi connectivity index (χ4n) is 3.27. The molecule has 4 heterocycles. The summed E-state index contributed by atoms with van der Waals surface area (Å²) in [4.78, 5) is 11.9. The minimum atomic E-state index is 0.598. The van der Waals surface area contributed by atoms with Crippen LogP contribution in [0.3, 0.4) is 0 Å².